The third kappa shape index (κ3) is 2.92. The summed E-state index contributed by atoms with van der Waals surface area (Å²) in [6, 6.07) is 11.8. The number of benzene rings is 1. The normalized spacial score (nSPS) is 20.7. The molecule has 1 amide bonds. The molecule has 0 bridgehead atoms. The Hall–Kier alpha value is -2.92. The van der Waals surface area contributed by atoms with Gasteiger partial charge in [-0.25, -0.2) is 4.98 Å². The van der Waals surface area contributed by atoms with Crippen molar-refractivity contribution in [1.82, 2.24) is 9.88 Å². The number of nitrogens with zero attached hydrogens (tertiary/aromatic N) is 2. The van der Waals surface area contributed by atoms with Gasteiger partial charge in [-0.05, 0) is 61.1 Å². The fourth-order valence-corrected chi connectivity index (χ4v) is 4.39. The van der Waals surface area contributed by atoms with Crippen LogP contribution in [0.2, 0.25) is 0 Å². The van der Waals surface area contributed by atoms with Gasteiger partial charge in [0.2, 0.25) is 0 Å². The predicted octanol–water partition coefficient (Wildman–Crippen LogP) is 3.88. The van der Waals surface area contributed by atoms with Crippen molar-refractivity contribution in [3.8, 4) is 0 Å². The lowest BCUT2D eigenvalue weighted by molar-refractivity contribution is 0.0791. The van der Waals surface area contributed by atoms with Crippen LogP contribution in [0, 0.1) is 0 Å². The van der Waals surface area contributed by atoms with Crippen molar-refractivity contribution in [2.45, 2.75) is 31.7 Å². The summed E-state index contributed by atoms with van der Waals surface area (Å²) >= 11 is 0. The molecule has 3 heterocycles. The number of fused-ring (bicyclic) bond motifs is 2. The second kappa shape index (κ2) is 6.91. The highest BCUT2D eigenvalue weighted by Crippen LogP contribution is 2.37. The average Bonchev–Trinajstić information content (AvgIpc) is 3.38. The van der Waals surface area contributed by atoms with Crippen molar-refractivity contribution >= 4 is 28.5 Å². The second-order valence-corrected chi connectivity index (χ2v) is 7.67. The van der Waals surface area contributed by atoms with Crippen molar-refractivity contribution < 1.29 is 9.21 Å². The molecule has 0 saturated carbocycles. The number of amides is 1. The van der Waals surface area contributed by atoms with E-state index in [1.165, 1.54) is 0 Å². The highest BCUT2D eigenvalue weighted by atomic mass is 16.3. The maximum atomic E-state index is 13.5. The first kappa shape index (κ1) is 17.2. The molecule has 5 heteroatoms. The highest BCUT2D eigenvalue weighted by molar-refractivity contribution is 6.09. The average molecular weight is 373 g/mol. The summed E-state index contributed by atoms with van der Waals surface area (Å²) < 4.78 is 5.52. The molecule has 2 aliphatic rings. The number of carbonyl (C=O) groups is 1. The fourth-order valence-electron chi connectivity index (χ4n) is 4.39. The Balaban J connectivity index is 1.70. The minimum atomic E-state index is 0.0716. The Bertz CT molecular complexity index is 1070. The van der Waals surface area contributed by atoms with E-state index >= 15 is 0 Å². The van der Waals surface area contributed by atoms with E-state index in [2.05, 4.69) is 6.08 Å². The number of hydrogen-bond acceptors (Lipinski definition) is 4. The van der Waals surface area contributed by atoms with Crippen molar-refractivity contribution in [3.63, 3.8) is 0 Å². The quantitative estimate of drug-likeness (QED) is 0.740. The first-order valence-electron chi connectivity index (χ1n) is 9.91. The second-order valence-electron chi connectivity index (χ2n) is 7.67. The summed E-state index contributed by atoms with van der Waals surface area (Å²) in [6.07, 6.45) is 7.39. The number of para-hydroxylation sites is 1. The Morgan fingerprint density at radius 3 is 2.89 bits per heavy atom. The van der Waals surface area contributed by atoms with Gasteiger partial charge in [0, 0.05) is 24.5 Å². The molecule has 142 valence electrons. The van der Waals surface area contributed by atoms with Crippen LogP contribution in [0.3, 0.4) is 0 Å². The molecule has 28 heavy (non-hydrogen) atoms. The van der Waals surface area contributed by atoms with Gasteiger partial charge in [-0.15, -0.1) is 0 Å². The molecule has 0 radical (unpaired) electrons. The van der Waals surface area contributed by atoms with Crippen molar-refractivity contribution in [1.29, 1.82) is 0 Å². The number of aromatic nitrogens is 1. The van der Waals surface area contributed by atoms with Crippen LogP contribution in [-0.2, 0) is 6.42 Å². The maximum absolute atomic E-state index is 13.5. The first-order chi connectivity index (χ1) is 13.7. The van der Waals surface area contributed by atoms with E-state index in [0.29, 0.717) is 6.54 Å². The summed E-state index contributed by atoms with van der Waals surface area (Å²) in [5.74, 6) is 0.901. The minimum absolute atomic E-state index is 0.0716. The lowest BCUT2D eigenvalue weighted by Crippen LogP contribution is -2.33. The number of nitrogens with two attached hydrogens (primary N) is 1. The van der Waals surface area contributed by atoms with Crippen LogP contribution >= 0.6 is 0 Å². The van der Waals surface area contributed by atoms with Crippen LogP contribution in [0.1, 0.15) is 46.6 Å². The Labute approximate surface area is 163 Å². The van der Waals surface area contributed by atoms with Gasteiger partial charge in [0.25, 0.3) is 5.91 Å². The SMILES string of the molecule is N[C@@H]1CCN(C(=O)c2c3c(nc4ccccc24)/C(=C\c2ccco2)CCC3)C1. The van der Waals surface area contributed by atoms with E-state index in [4.69, 9.17) is 15.1 Å². The number of carbonyl (C=O) groups excluding carboxylic acids is 1. The molecule has 0 unspecified atom stereocenters. The van der Waals surface area contributed by atoms with Crippen LogP contribution in [0.25, 0.3) is 22.6 Å². The molecule has 1 aliphatic heterocycles. The number of allylic oxidation sites excluding steroid dienone is 1. The molecule has 2 aromatic heterocycles. The zero-order chi connectivity index (χ0) is 19.1. The molecule has 3 aromatic rings. The number of rotatable bonds is 2. The molecule has 0 spiro atoms. The van der Waals surface area contributed by atoms with Crippen LogP contribution < -0.4 is 5.73 Å². The van der Waals surface area contributed by atoms with Gasteiger partial charge in [0.05, 0.1) is 23.0 Å². The van der Waals surface area contributed by atoms with Gasteiger partial charge in [-0.3, -0.25) is 4.79 Å². The first-order valence-corrected chi connectivity index (χ1v) is 9.91. The topological polar surface area (TPSA) is 72.4 Å². The molecule has 1 aromatic carbocycles. The van der Waals surface area contributed by atoms with E-state index in [-0.39, 0.29) is 11.9 Å². The zero-order valence-corrected chi connectivity index (χ0v) is 15.7. The lowest BCUT2D eigenvalue weighted by Gasteiger charge is -2.25. The minimum Gasteiger partial charge on any atom is -0.465 e. The molecule has 1 fully saturated rings. The summed E-state index contributed by atoms with van der Waals surface area (Å²) in [5.41, 5.74) is 10.9. The van der Waals surface area contributed by atoms with Crippen LogP contribution in [0.5, 0.6) is 0 Å². The smallest absolute Gasteiger partial charge is 0.254 e. The van der Waals surface area contributed by atoms with Gasteiger partial charge in [-0.1, -0.05) is 18.2 Å². The fraction of sp³-hybridized carbons (Fsp3) is 0.304. The molecule has 1 atom stereocenters. The van der Waals surface area contributed by atoms with E-state index < -0.39 is 0 Å². The Morgan fingerprint density at radius 1 is 1.21 bits per heavy atom. The third-order valence-corrected chi connectivity index (χ3v) is 5.76. The molecule has 5 rings (SSSR count). The largest absolute Gasteiger partial charge is 0.465 e. The van der Waals surface area contributed by atoms with Gasteiger partial charge in [0.1, 0.15) is 5.76 Å². The number of furan rings is 1. The molecule has 1 aliphatic carbocycles. The molecule has 2 N–H and O–H groups in total. The van der Waals surface area contributed by atoms with Crippen LogP contribution in [-0.4, -0.2) is 34.9 Å². The predicted molar refractivity (Wildman–Crippen MR) is 110 cm³/mol. The van der Waals surface area contributed by atoms with E-state index in [1.807, 2.05) is 41.3 Å². The molecule has 5 nitrogen and oxygen atoms in total. The van der Waals surface area contributed by atoms with Gasteiger partial charge in [0.15, 0.2) is 0 Å². The van der Waals surface area contributed by atoms with Crippen molar-refractivity contribution in [2.24, 2.45) is 5.73 Å². The van der Waals surface area contributed by atoms with Gasteiger partial charge < -0.3 is 15.1 Å². The van der Waals surface area contributed by atoms with E-state index in [0.717, 1.165) is 71.3 Å². The maximum Gasteiger partial charge on any atom is 0.254 e. The molecular weight excluding hydrogens is 350 g/mol. The molecular formula is C23H23N3O2. The Morgan fingerprint density at radius 2 is 2.11 bits per heavy atom. The lowest BCUT2D eigenvalue weighted by atomic mass is 9.86. The van der Waals surface area contributed by atoms with E-state index in [9.17, 15) is 4.79 Å². The summed E-state index contributed by atoms with van der Waals surface area (Å²) in [4.78, 5) is 20.4. The molecule has 1 saturated heterocycles. The van der Waals surface area contributed by atoms with Crippen LogP contribution in [0.15, 0.2) is 47.1 Å². The highest BCUT2D eigenvalue weighted by Gasteiger charge is 2.30. The van der Waals surface area contributed by atoms with Crippen molar-refractivity contribution in [3.05, 3.63) is 65.2 Å². The Kier molecular flexibility index (Phi) is 4.24. The van der Waals surface area contributed by atoms with E-state index in [1.54, 1.807) is 6.26 Å². The van der Waals surface area contributed by atoms with Gasteiger partial charge >= 0.3 is 0 Å². The van der Waals surface area contributed by atoms with Crippen LogP contribution in [0.4, 0.5) is 0 Å². The summed E-state index contributed by atoms with van der Waals surface area (Å²) in [7, 11) is 0. The third-order valence-electron chi connectivity index (χ3n) is 5.76. The summed E-state index contributed by atoms with van der Waals surface area (Å²) in [5, 5.41) is 0.936. The zero-order valence-electron chi connectivity index (χ0n) is 15.7. The monoisotopic (exact) mass is 373 g/mol. The number of pyridine rings is 1. The number of hydrogen-bond donors (Lipinski definition) is 1. The summed E-state index contributed by atoms with van der Waals surface area (Å²) in [6.45, 7) is 1.35. The van der Waals surface area contributed by atoms with Crippen molar-refractivity contribution in [2.75, 3.05) is 13.1 Å². The standard InChI is InChI=1S/C23H23N3O2/c24-16-10-11-26(14-16)23(27)21-18-7-1-2-9-20(18)25-22-15(5-3-8-19(21)22)13-17-6-4-12-28-17/h1-2,4,6-7,9,12-13,16H,3,5,8,10-11,14,24H2/b15-13-/t16-/m1/s1. The number of likely N-dealkylation sites (tertiary alicyclic amines) is 1. The van der Waals surface area contributed by atoms with Gasteiger partial charge in [-0.2, -0.15) is 0 Å².